The molecule has 1 N–H and O–H groups in total. The summed E-state index contributed by atoms with van der Waals surface area (Å²) in [6.07, 6.45) is 0. The van der Waals surface area contributed by atoms with E-state index < -0.39 is 0 Å². The van der Waals surface area contributed by atoms with Crippen molar-refractivity contribution in [3.8, 4) is 0 Å². The van der Waals surface area contributed by atoms with Gasteiger partial charge in [-0.1, -0.05) is 59.7 Å². The van der Waals surface area contributed by atoms with Crippen molar-refractivity contribution >= 4 is 32.9 Å². The predicted octanol–water partition coefficient (Wildman–Crippen LogP) is 3.67. The van der Waals surface area contributed by atoms with Crippen LogP contribution in [0.15, 0.2) is 33.7 Å². The summed E-state index contributed by atoms with van der Waals surface area (Å²) in [5.41, 5.74) is 1.23. The average molecular weight is 313 g/mol. The zero-order valence-corrected chi connectivity index (χ0v) is 12.5. The van der Waals surface area contributed by atoms with E-state index in [1.807, 2.05) is 23.9 Å². The van der Waals surface area contributed by atoms with Crippen LogP contribution in [0.1, 0.15) is 19.4 Å². The van der Waals surface area contributed by atoms with Gasteiger partial charge in [-0.25, -0.2) is 0 Å². The van der Waals surface area contributed by atoms with Crippen LogP contribution in [0.2, 0.25) is 0 Å². The van der Waals surface area contributed by atoms with Gasteiger partial charge < -0.3 is 5.32 Å². The maximum Gasteiger partial charge on any atom is 0.157 e. The van der Waals surface area contributed by atoms with Gasteiger partial charge in [-0.3, -0.25) is 4.99 Å². The van der Waals surface area contributed by atoms with Gasteiger partial charge >= 0.3 is 0 Å². The molecule has 0 spiro atoms. The van der Waals surface area contributed by atoms with E-state index in [-0.39, 0.29) is 0 Å². The smallest absolute Gasteiger partial charge is 0.157 e. The molecular formula is C13H17BrN2S. The van der Waals surface area contributed by atoms with Crippen LogP contribution in [-0.2, 0) is 6.54 Å². The molecule has 1 aliphatic heterocycles. The van der Waals surface area contributed by atoms with E-state index in [1.54, 1.807) is 0 Å². The summed E-state index contributed by atoms with van der Waals surface area (Å²) >= 11 is 5.37. The highest BCUT2D eigenvalue weighted by atomic mass is 79.9. The fraction of sp³-hybridized carbons (Fsp3) is 0.462. The van der Waals surface area contributed by atoms with Crippen LogP contribution < -0.4 is 5.32 Å². The molecule has 0 radical (unpaired) electrons. The minimum atomic E-state index is 0.568. The van der Waals surface area contributed by atoms with Crippen molar-refractivity contribution in [2.45, 2.75) is 26.4 Å². The monoisotopic (exact) mass is 312 g/mol. The predicted molar refractivity (Wildman–Crippen MR) is 79.5 cm³/mol. The Labute approximate surface area is 115 Å². The minimum Gasteiger partial charge on any atom is -0.361 e. The second-order valence-corrected chi connectivity index (χ2v) is 6.38. The second kappa shape index (κ2) is 5.91. The highest BCUT2D eigenvalue weighted by molar-refractivity contribution is 9.10. The lowest BCUT2D eigenvalue weighted by Gasteiger charge is -2.13. The Morgan fingerprint density at radius 2 is 2.24 bits per heavy atom. The Bertz CT molecular complexity index is 418. The Morgan fingerprint density at radius 3 is 2.88 bits per heavy atom. The number of amidine groups is 1. The van der Waals surface area contributed by atoms with Crippen molar-refractivity contribution in [3.05, 3.63) is 34.3 Å². The van der Waals surface area contributed by atoms with Crippen molar-refractivity contribution in [3.63, 3.8) is 0 Å². The molecule has 17 heavy (non-hydrogen) atoms. The molecule has 92 valence electrons. The Balaban J connectivity index is 1.96. The lowest BCUT2D eigenvalue weighted by atomic mass is 10.1. The molecule has 0 aliphatic carbocycles. The molecule has 0 amide bonds. The van der Waals surface area contributed by atoms with Crippen molar-refractivity contribution in [1.29, 1.82) is 0 Å². The third-order valence-electron chi connectivity index (χ3n) is 2.86. The molecule has 1 aromatic carbocycles. The normalized spacial score (nSPS) is 22.1. The van der Waals surface area contributed by atoms with Crippen molar-refractivity contribution in [2.75, 3.05) is 5.75 Å². The van der Waals surface area contributed by atoms with Crippen LogP contribution in [0.4, 0.5) is 0 Å². The Hall–Kier alpha value is -0.480. The number of hydrogen-bond donors (Lipinski definition) is 1. The number of rotatable bonds is 3. The summed E-state index contributed by atoms with van der Waals surface area (Å²) in [6, 6.07) is 8.80. The van der Waals surface area contributed by atoms with Gasteiger partial charge in [0, 0.05) is 16.3 Å². The molecule has 1 saturated heterocycles. The van der Waals surface area contributed by atoms with Crippen LogP contribution in [0.3, 0.4) is 0 Å². The molecule has 1 fully saturated rings. The number of nitrogens with one attached hydrogen (secondary N) is 1. The van der Waals surface area contributed by atoms with Crippen molar-refractivity contribution < 1.29 is 0 Å². The number of hydrogen-bond acceptors (Lipinski definition) is 2. The Morgan fingerprint density at radius 1 is 1.47 bits per heavy atom. The first-order valence-corrected chi connectivity index (χ1v) is 7.62. The van der Waals surface area contributed by atoms with Crippen LogP contribution in [-0.4, -0.2) is 17.0 Å². The number of aliphatic imine (C=N–C) groups is 1. The zero-order valence-electron chi connectivity index (χ0n) is 10.1. The van der Waals surface area contributed by atoms with Gasteiger partial charge in [0.2, 0.25) is 0 Å². The van der Waals surface area contributed by atoms with E-state index in [2.05, 4.69) is 52.2 Å². The third kappa shape index (κ3) is 3.49. The SMILES string of the molecule is CC(C)[C@H]1CSC(=NCc2ccccc2Br)N1. The summed E-state index contributed by atoms with van der Waals surface area (Å²) in [5, 5.41) is 4.56. The molecule has 0 saturated carbocycles. The summed E-state index contributed by atoms with van der Waals surface area (Å²) in [4.78, 5) is 4.63. The molecule has 1 aliphatic rings. The van der Waals surface area contributed by atoms with Gasteiger partial charge in [0.25, 0.3) is 0 Å². The second-order valence-electron chi connectivity index (χ2n) is 4.52. The van der Waals surface area contributed by atoms with Gasteiger partial charge in [-0.05, 0) is 17.5 Å². The van der Waals surface area contributed by atoms with E-state index in [0.717, 1.165) is 21.9 Å². The molecule has 0 aromatic heterocycles. The molecule has 0 bridgehead atoms. The first-order valence-electron chi connectivity index (χ1n) is 5.84. The largest absolute Gasteiger partial charge is 0.361 e. The maximum atomic E-state index is 4.63. The first-order chi connectivity index (χ1) is 8.16. The van der Waals surface area contributed by atoms with E-state index in [1.165, 1.54) is 5.56 Å². The van der Waals surface area contributed by atoms with Gasteiger partial charge in [-0.15, -0.1) is 0 Å². The van der Waals surface area contributed by atoms with E-state index >= 15 is 0 Å². The molecule has 1 heterocycles. The quantitative estimate of drug-likeness (QED) is 0.921. The molecule has 4 heteroatoms. The van der Waals surface area contributed by atoms with E-state index in [4.69, 9.17) is 0 Å². The molecule has 1 atom stereocenters. The number of thioether (sulfide) groups is 1. The van der Waals surface area contributed by atoms with Crippen LogP contribution in [0, 0.1) is 5.92 Å². The third-order valence-corrected chi connectivity index (χ3v) is 4.68. The fourth-order valence-corrected chi connectivity index (χ4v) is 3.25. The Kier molecular flexibility index (Phi) is 4.51. The molecule has 1 aromatic rings. The lowest BCUT2D eigenvalue weighted by molar-refractivity contribution is 0.503. The lowest BCUT2D eigenvalue weighted by Crippen LogP contribution is -2.31. The fourth-order valence-electron chi connectivity index (χ4n) is 1.64. The number of benzene rings is 1. The topological polar surface area (TPSA) is 24.4 Å². The van der Waals surface area contributed by atoms with Gasteiger partial charge in [-0.2, -0.15) is 0 Å². The average Bonchev–Trinajstić information content (AvgIpc) is 2.77. The van der Waals surface area contributed by atoms with E-state index in [9.17, 15) is 0 Å². The van der Waals surface area contributed by atoms with Crippen LogP contribution in [0.5, 0.6) is 0 Å². The number of nitrogens with zero attached hydrogens (tertiary/aromatic N) is 1. The number of halogens is 1. The zero-order chi connectivity index (χ0) is 12.3. The summed E-state index contributed by atoms with van der Waals surface area (Å²) in [6.45, 7) is 5.23. The molecular weight excluding hydrogens is 296 g/mol. The standard InChI is InChI=1S/C13H17BrN2S/c1-9(2)12-8-17-13(16-12)15-7-10-5-3-4-6-11(10)14/h3-6,9,12H,7-8H2,1-2H3,(H,15,16)/t12-/m1/s1. The van der Waals surface area contributed by atoms with Gasteiger partial charge in [0.15, 0.2) is 5.17 Å². The van der Waals surface area contributed by atoms with E-state index in [0.29, 0.717) is 12.0 Å². The maximum absolute atomic E-state index is 4.63. The minimum absolute atomic E-state index is 0.568. The molecule has 0 unspecified atom stereocenters. The van der Waals surface area contributed by atoms with Crippen molar-refractivity contribution in [2.24, 2.45) is 10.9 Å². The molecule has 2 rings (SSSR count). The highest BCUT2D eigenvalue weighted by Crippen LogP contribution is 2.21. The first kappa shape index (κ1) is 13.0. The highest BCUT2D eigenvalue weighted by Gasteiger charge is 2.22. The van der Waals surface area contributed by atoms with Gasteiger partial charge in [0.05, 0.1) is 6.54 Å². The summed E-state index contributed by atoms with van der Waals surface area (Å²) in [5.74, 6) is 1.80. The molecule has 2 nitrogen and oxygen atoms in total. The van der Waals surface area contributed by atoms with Gasteiger partial charge in [0.1, 0.15) is 0 Å². The van der Waals surface area contributed by atoms with Crippen LogP contribution in [0.25, 0.3) is 0 Å². The summed E-state index contributed by atoms with van der Waals surface area (Å²) < 4.78 is 1.13. The van der Waals surface area contributed by atoms with Crippen LogP contribution >= 0.6 is 27.7 Å². The summed E-state index contributed by atoms with van der Waals surface area (Å²) in [7, 11) is 0. The van der Waals surface area contributed by atoms with Crippen molar-refractivity contribution in [1.82, 2.24) is 5.32 Å².